The van der Waals surface area contributed by atoms with E-state index in [0.29, 0.717) is 12.0 Å². The Balaban J connectivity index is 2.32. The maximum absolute atomic E-state index is 11.1. The van der Waals surface area contributed by atoms with Gasteiger partial charge in [-0.05, 0) is 56.3 Å². The van der Waals surface area contributed by atoms with E-state index in [0.717, 1.165) is 25.7 Å². The van der Waals surface area contributed by atoms with Gasteiger partial charge in [-0.25, -0.2) is 4.79 Å². The fourth-order valence-electron chi connectivity index (χ4n) is 3.65. The van der Waals surface area contributed by atoms with Crippen LogP contribution in [0, 0.1) is 17.3 Å². The van der Waals surface area contributed by atoms with Crippen molar-refractivity contribution in [2.45, 2.75) is 58.5 Å². The minimum Gasteiger partial charge on any atom is -0.478 e. The Kier molecular flexibility index (Phi) is 3.30. The van der Waals surface area contributed by atoms with Crippen molar-refractivity contribution in [1.82, 2.24) is 0 Å². The lowest BCUT2D eigenvalue weighted by Gasteiger charge is -2.38. The number of carbonyl (C=O) groups is 1. The summed E-state index contributed by atoms with van der Waals surface area (Å²) in [6, 6.07) is 0. The number of aliphatic hydroxyl groups is 1. The molecule has 0 radical (unpaired) electrons. The molecule has 2 aliphatic rings. The summed E-state index contributed by atoms with van der Waals surface area (Å²) in [5, 5.41) is 19.8. The average Bonchev–Trinajstić information content (AvgIpc) is 2.34. The fraction of sp³-hybridized carbons (Fsp3) is 0.800. The van der Waals surface area contributed by atoms with E-state index in [9.17, 15) is 9.90 Å². The molecule has 0 saturated heterocycles. The SMILES string of the molecule is CC1(C)CC[C@@](C)(O)[C@@H]2CCC(C(=O)O)=C[C@@H]2C1. The molecule has 2 N–H and O–H groups in total. The zero-order valence-electron chi connectivity index (χ0n) is 11.6. The highest BCUT2D eigenvalue weighted by molar-refractivity contribution is 5.86. The van der Waals surface area contributed by atoms with Gasteiger partial charge >= 0.3 is 5.97 Å². The van der Waals surface area contributed by atoms with E-state index in [-0.39, 0.29) is 17.3 Å². The number of carboxylic acid groups (broad SMARTS) is 1. The molecule has 0 bridgehead atoms. The van der Waals surface area contributed by atoms with E-state index in [1.807, 2.05) is 13.0 Å². The van der Waals surface area contributed by atoms with E-state index >= 15 is 0 Å². The van der Waals surface area contributed by atoms with Crippen LogP contribution in [-0.2, 0) is 4.79 Å². The van der Waals surface area contributed by atoms with Gasteiger partial charge < -0.3 is 10.2 Å². The van der Waals surface area contributed by atoms with Gasteiger partial charge in [0.05, 0.1) is 5.60 Å². The molecular weight excluding hydrogens is 228 g/mol. The summed E-state index contributed by atoms with van der Waals surface area (Å²) in [6.45, 7) is 6.36. The van der Waals surface area contributed by atoms with Crippen LogP contribution in [0.5, 0.6) is 0 Å². The summed E-state index contributed by atoms with van der Waals surface area (Å²) in [6.07, 6.45) is 6.10. The van der Waals surface area contributed by atoms with Gasteiger partial charge in [0.25, 0.3) is 0 Å². The Morgan fingerprint density at radius 1 is 1.33 bits per heavy atom. The predicted octanol–water partition coefficient (Wildman–Crippen LogP) is 2.98. The average molecular weight is 252 g/mol. The second-order valence-electron chi connectivity index (χ2n) is 7.03. The maximum atomic E-state index is 11.1. The first-order valence-electron chi connectivity index (χ1n) is 6.88. The molecule has 0 aliphatic heterocycles. The summed E-state index contributed by atoms with van der Waals surface area (Å²) < 4.78 is 0. The monoisotopic (exact) mass is 252 g/mol. The third kappa shape index (κ3) is 2.61. The first-order chi connectivity index (χ1) is 8.21. The van der Waals surface area contributed by atoms with Crippen molar-refractivity contribution in [3.63, 3.8) is 0 Å². The standard InChI is InChI=1S/C15H24O3/c1-14(2)6-7-15(3,18)12-5-4-10(13(16)17)8-11(12)9-14/h8,11-12,18H,4-7,9H2,1-3H3,(H,16,17)/t11-,12-,15-/m1/s1. The number of carboxylic acids is 1. The van der Waals surface area contributed by atoms with Crippen LogP contribution in [0.4, 0.5) is 0 Å². The first kappa shape index (κ1) is 13.6. The second-order valence-corrected chi connectivity index (χ2v) is 7.03. The quantitative estimate of drug-likeness (QED) is 0.754. The molecule has 2 aliphatic carbocycles. The molecule has 18 heavy (non-hydrogen) atoms. The van der Waals surface area contributed by atoms with Crippen LogP contribution in [0.2, 0.25) is 0 Å². The van der Waals surface area contributed by atoms with Crippen molar-refractivity contribution >= 4 is 5.97 Å². The molecule has 3 heteroatoms. The number of allylic oxidation sites excluding steroid dienone is 1. The van der Waals surface area contributed by atoms with E-state index in [4.69, 9.17) is 5.11 Å². The molecule has 0 aromatic heterocycles. The predicted molar refractivity (Wildman–Crippen MR) is 70.2 cm³/mol. The van der Waals surface area contributed by atoms with Gasteiger partial charge in [-0.2, -0.15) is 0 Å². The van der Waals surface area contributed by atoms with Crippen LogP contribution in [0.1, 0.15) is 52.9 Å². The highest BCUT2D eigenvalue weighted by atomic mass is 16.4. The Morgan fingerprint density at radius 3 is 2.61 bits per heavy atom. The number of rotatable bonds is 1. The molecule has 0 amide bonds. The second kappa shape index (κ2) is 4.37. The number of hydrogen-bond acceptors (Lipinski definition) is 2. The van der Waals surface area contributed by atoms with E-state index in [2.05, 4.69) is 13.8 Å². The lowest BCUT2D eigenvalue weighted by molar-refractivity contribution is -0.133. The van der Waals surface area contributed by atoms with Gasteiger partial charge in [-0.3, -0.25) is 0 Å². The first-order valence-corrected chi connectivity index (χ1v) is 6.88. The van der Waals surface area contributed by atoms with Crippen molar-refractivity contribution < 1.29 is 15.0 Å². The zero-order chi connectivity index (χ0) is 13.6. The molecule has 1 saturated carbocycles. The minimum absolute atomic E-state index is 0.181. The Bertz CT molecular complexity index is 379. The van der Waals surface area contributed by atoms with Crippen molar-refractivity contribution in [2.24, 2.45) is 17.3 Å². The van der Waals surface area contributed by atoms with Crippen LogP contribution >= 0.6 is 0 Å². The van der Waals surface area contributed by atoms with Gasteiger partial charge in [-0.15, -0.1) is 0 Å². The lowest BCUT2D eigenvalue weighted by Crippen LogP contribution is -2.39. The molecule has 1 fully saturated rings. The molecule has 3 atom stereocenters. The van der Waals surface area contributed by atoms with Gasteiger partial charge in [0.1, 0.15) is 0 Å². The minimum atomic E-state index is -0.796. The third-order valence-corrected chi connectivity index (χ3v) is 4.83. The van der Waals surface area contributed by atoms with Gasteiger partial charge in [0.15, 0.2) is 0 Å². The van der Waals surface area contributed by atoms with Crippen LogP contribution in [0.25, 0.3) is 0 Å². The number of fused-ring (bicyclic) bond motifs is 1. The molecule has 0 spiro atoms. The molecule has 0 aromatic carbocycles. The van der Waals surface area contributed by atoms with E-state index in [1.54, 1.807) is 0 Å². The molecule has 0 unspecified atom stereocenters. The van der Waals surface area contributed by atoms with Gasteiger partial charge in [0.2, 0.25) is 0 Å². The van der Waals surface area contributed by atoms with Crippen LogP contribution in [0.3, 0.4) is 0 Å². The van der Waals surface area contributed by atoms with Crippen molar-refractivity contribution in [3.05, 3.63) is 11.6 Å². The van der Waals surface area contributed by atoms with Crippen molar-refractivity contribution in [2.75, 3.05) is 0 Å². The highest BCUT2D eigenvalue weighted by Crippen LogP contribution is 2.48. The molecule has 2 rings (SSSR count). The summed E-state index contributed by atoms with van der Waals surface area (Å²) in [7, 11) is 0. The van der Waals surface area contributed by atoms with Crippen molar-refractivity contribution in [1.29, 1.82) is 0 Å². The number of hydrogen-bond donors (Lipinski definition) is 2. The Morgan fingerprint density at radius 2 is 2.00 bits per heavy atom. The highest BCUT2D eigenvalue weighted by Gasteiger charge is 2.44. The number of aliphatic carboxylic acids is 1. The normalized spacial score (nSPS) is 39.4. The van der Waals surface area contributed by atoms with Crippen LogP contribution in [-0.4, -0.2) is 21.8 Å². The maximum Gasteiger partial charge on any atom is 0.331 e. The molecule has 3 nitrogen and oxygen atoms in total. The van der Waals surface area contributed by atoms with Crippen LogP contribution in [0.15, 0.2) is 11.6 Å². The van der Waals surface area contributed by atoms with Gasteiger partial charge in [0, 0.05) is 5.57 Å². The van der Waals surface area contributed by atoms with E-state index in [1.165, 1.54) is 0 Å². The molecule has 102 valence electrons. The van der Waals surface area contributed by atoms with Crippen LogP contribution < -0.4 is 0 Å². The Labute approximate surface area is 109 Å². The topological polar surface area (TPSA) is 57.5 Å². The summed E-state index contributed by atoms with van der Waals surface area (Å²) in [5.41, 5.74) is 0.0598. The van der Waals surface area contributed by atoms with Crippen molar-refractivity contribution in [3.8, 4) is 0 Å². The lowest BCUT2D eigenvalue weighted by atomic mass is 9.70. The summed E-state index contributed by atoms with van der Waals surface area (Å²) in [5.74, 6) is -0.380. The zero-order valence-corrected chi connectivity index (χ0v) is 11.6. The fourth-order valence-corrected chi connectivity index (χ4v) is 3.65. The smallest absolute Gasteiger partial charge is 0.331 e. The summed E-state index contributed by atoms with van der Waals surface area (Å²) in [4.78, 5) is 11.1. The summed E-state index contributed by atoms with van der Waals surface area (Å²) >= 11 is 0. The molecule has 0 aromatic rings. The largest absolute Gasteiger partial charge is 0.478 e. The Hall–Kier alpha value is -0.830. The van der Waals surface area contributed by atoms with E-state index < -0.39 is 11.6 Å². The molecular formula is C15H24O3. The van der Waals surface area contributed by atoms with Gasteiger partial charge in [-0.1, -0.05) is 19.9 Å². The third-order valence-electron chi connectivity index (χ3n) is 4.83. The molecule has 0 heterocycles.